The number of aromatic hydroxyl groups is 2. The number of rotatable bonds is 2. The molecule has 0 unspecified atom stereocenters. The highest BCUT2D eigenvalue weighted by Crippen LogP contribution is 2.37. The van der Waals surface area contributed by atoms with Crippen molar-refractivity contribution in [2.45, 2.75) is 10.4 Å². The average molecular weight is 415 g/mol. The van der Waals surface area contributed by atoms with Crippen LogP contribution in [0.3, 0.4) is 0 Å². The van der Waals surface area contributed by atoms with E-state index in [0.717, 1.165) is 0 Å². The predicted octanol–water partition coefficient (Wildman–Crippen LogP) is 3.74. The Labute approximate surface area is 162 Å². The number of fused-ring (bicyclic) bond motifs is 2. The van der Waals surface area contributed by atoms with Crippen LogP contribution in [-0.2, 0) is 11.3 Å². The second-order valence-corrected chi connectivity index (χ2v) is 7.79. The highest BCUT2D eigenvalue weighted by molar-refractivity contribution is 6.76. The molecule has 0 atom stereocenters. The molecule has 9 heteroatoms. The molecular formula is C17H10Cl3NO5. The van der Waals surface area contributed by atoms with Gasteiger partial charge in [0, 0.05) is 11.1 Å². The van der Waals surface area contributed by atoms with E-state index < -0.39 is 27.0 Å². The first-order valence-corrected chi connectivity index (χ1v) is 8.30. The number of hydrogen-bond donors (Lipinski definition) is 3. The number of carbonyl (C=O) groups is 2. The van der Waals surface area contributed by atoms with Crippen molar-refractivity contribution in [2.75, 3.05) is 0 Å². The molecule has 0 amide bonds. The van der Waals surface area contributed by atoms with E-state index in [-0.39, 0.29) is 34.6 Å². The first-order valence-electron chi connectivity index (χ1n) is 7.17. The first kappa shape index (κ1) is 18.5. The van der Waals surface area contributed by atoms with Crippen molar-refractivity contribution in [3.63, 3.8) is 0 Å². The molecule has 0 bridgehead atoms. The number of benzene rings is 2. The Balaban J connectivity index is 2.01. The summed E-state index contributed by atoms with van der Waals surface area (Å²) in [5, 5.41) is 27.6. The molecule has 0 radical (unpaired) electrons. The Morgan fingerprint density at radius 3 is 2.31 bits per heavy atom. The molecule has 2 aromatic carbocycles. The number of phenolic OH excluding ortho intramolecular Hbond substituents is 2. The minimum atomic E-state index is -2.04. The zero-order chi connectivity index (χ0) is 19.2. The van der Waals surface area contributed by atoms with Crippen molar-refractivity contribution in [3.05, 3.63) is 58.1 Å². The van der Waals surface area contributed by atoms with Crippen LogP contribution in [-0.4, -0.2) is 31.5 Å². The van der Waals surface area contributed by atoms with Gasteiger partial charge in [-0.05, 0) is 23.8 Å². The number of hydrogen-bond acceptors (Lipinski definition) is 6. The van der Waals surface area contributed by atoms with Gasteiger partial charge in [-0.15, -0.1) is 0 Å². The van der Waals surface area contributed by atoms with Crippen LogP contribution in [0.4, 0.5) is 0 Å². The van der Waals surface area contributed by atoms with Crippen molar-refractivity contribution in [2.24, 2.45) is 0 Å². The van der Waals surface area contributed by atoms with Crippen molar-refractivity contribution in [3.8, 4) is 11.5 Å². The van der Waals surface area contributed by atoms with Crippen LogP contribution in [0.25, 0.3) is 0 Å². The Bertz CT molecular complexity index is 966. The molecule has 1 aliphatic rings. The molecule has 0 spiro atoms. The Morgan fingerprint density at radius 2 is 1.65 bits per heavy atom. The van der Waals surface area contributed by atoms with Crippen LogP contribution < -0.4 is 0 Å². The lowest BCUT2D eigenvalue weighted by atomic mass is 9.82. The maximum atomic E-state index is 12.7. The lowest BCUT2D eigenvalue weighted by Crippen LogP contribution is -2.23. The van der Waals surface area contributed by atoms with Crippen LogP contribution in [0, 0.1) is 5.41 Å². The molecule has 0 aromatic heterocycles. The second kappa shape index (κ2) is 6.46. The van der Waals surface area contributed by atoms with Crippen LogP contribution in [0.1, 0.15) is 37.4 Å². The van der Waals surface area contributed by atoms with Gasteiger partial charge in [0.2, 0.25) is 11.7 Å². The topological polar surface area (TPSA) is 108 Å². The quantitative estimate of drug-likeness (QED) is 0.336. The van der Waals surface area contributed by atoms with Crippen molar-refractivity contribution in [1.29, 1.82) is 5.41 Å². The van der Waals surface area contributed by atoms with Crippen molar-refractivity contribution >= 4 is 52.3 Å². The summed E-state index contributed by atoms with van der Waals surface area (Å²) in [6, 6.07) is 6.71. The maximum absolute atomic E-state index is 12.7. The summed E-state index contributed by atoms with van der Waals surface area (Å²) >= 11 is 16.6. The third-order valence-electron chi connectivity index (χ3n) is 3.80. The first-order chi connectivity index (χ1) is 12.1. The normalized spacial score (nSPS) is 13.2. The molecule has 3 N–H and O–H groups in total. The van der Waals surface area contributed by atoms with Gasteiger partial charge in [-0.2, -0.15) is 0 Å². The van der Waals surface area contributed by atoms with Gasteiger partial charge in [0.15, 0.2) is 5.78 Å². The zero-order valence-corrected chi connectivity index (χ0v) is 15.1. The largest absolute Gasteiger partial charge is 0.507 e. The third-order valence-corrected chi connectivity index (χ3v) is 4.32. The van der Waals surface area contributed by atoms with Crippen LogP contribution >= 0.6 is 34.8 Å². The molecule has 2 aromatic rings. The zero-order valence-electron chi connectivity index (χ0n) is 12.8. The summed E-state index contributed by atoms with van der Waals surface area (Å²) in [5.74, 6) is -2.61. The summed E-state index contributed by atoms with van der Waals surface area (Å²) in [5.41, 5.74) is -0.0578. The summed E-state index contributed by atoms with van der Waals surface area (Å²) < 4.78 is 2.99. The predicted molar refractivity (Wildman–Crippen MR) is 95.9 cm³/mol. The molecule has 0 aliphatic heterocycles. The fraction of sp³-hybridized carbons (Fsp3) is 0.118. The lowest BCUT2D eigenvalue weighted by molar-refractivity contribution is 0.0974. The van der Waals surface area contributed by atoms with Crippen LogP contribution in [0.2, 0.25) is 0 Å². The number of carbonyl (C=O) groups excluding carboxylic acids is 2. The number of nitrogens with one attached hydrogen (secondary N) is 1. The van der Waals surface area contributed by atoms with Crippen LogP contribution in [0.15, 0.2) is 30.3 Å². The van der Waals surface area contributed by atoms with E-state index in [4.69, 9.17) is 44.9 Å². The Hall–Kier alpha value is -2.28. The highest BCUT2D eigenvalue weighted by Gasteiger charge is 2.35. The van der Waals surface area contributed by atoms with Gasteiger partial charge in [-0.1, -0.05) is 46.9 Å². The molecular weight excluding hydrogens is 405 g/mol. The maximum Gasteiger partial charge on any atom is 0.265 e. The molecule has 26 heavy (non-hydrogen) atoms. The highest BCUT2D eigenvalue weighted by atomic mass is 35.6. The number of ether oxygens (including phenoxy) is 1. The van der Waals surface area contributed by atoms with Gasteiger partial charge in [-0.25, -0.2) is 0 Å². The summed E-state index contributed by atoms with van der Waals surface area (Å²) in [4.78, 5) is 25.3. The van der Waals surface area contributed by atoms with Gasteiger partial charge >= 0.3 is 0 Å². The SMILES string of the molecule is N=C(OCc1cc(O)c2c(c1)C(=O)c1cccc(O)c1C2=O)C(Cl)(Cl)Cl. The van der Waals surface area contributed by atoms with E-state index >= 15 is 0 Å². The molecule has 0 heterocycles. The summed E-state index contributed by atoms with van der Waals surface area (Å²) in [7, 11) is 0. The second-order valence-electron chi connectivity index (χ2n) is 5.51. The molecule has 1 aliphatic carbocycles. The van der Waals surface area contributed by atoms with E-state index in [2.05, 4.69) is 0 Å². The van der Waals surface area contributed by atoms with Crippen molar-refractivity contribution < 1.29 is 24.5 Å². The van der Waals surface area contributed by atoms with E-state index in [9.17, 15) is 19.8 Å². The van der Waals surface area contributed by atoms with Crippen LogP contribution in [0.5, 0.6) is 11.5 Å². The minimum Gasteiger partial charge on any atom is -0.507 e. The van der Waals surface area contributed by atoms with E-state index in [1.54, 1.807) is 0 Å². The Morgan fingerprint density at radius 1 is 1.00 bits per heavy atom. The van der Waals surface area contributed by atoms with Gasteiger partial charge in [0.05, 0.1) is 11.1 Å². The van der Waals surface area contributed by atoms with Gasteiger partial charge < -0.3 is 14.9 Å². The monoisotopic (exact) mass is 413 g/mol. The molecule has 0 fully saturated rings. The molecule has 134 valence electrons. The summed E-state index contributed by atoms with van der Waals surface area (Å²) in [6.07, 6.45) is 0. The number of halogens is 3. The fourth-order valence-corrected chi connectivity index (χ4v) is 2.83. The van der Waals surface area contributed by atoms with E-state index in [1.165, 1.54) is 30.3 Å². The van der Waals surface area contributed by atoms with Gasteiger partial charge in [0.1, 0.15) is 18.1 Å². The third kappa shape index (κ3) is 3.11. The lowest BCUT2D eigenvalue weighted by Gasteiger charge is -2.20. The Kier molecular flexibility index (Phi) is 4.60. The van der Waals surface area contributed by atoms with Gasteiger partial charge in [0.25, 0.3) is 3.79 Å². The van der Waals surface area contributed by atoms with E-state index in [0.29, 0.717) is 5.56 Å². The number of phenols is 2. The van der Waals surface area contributed by atoms with Gasteiger partial charge in [-0.3, -0.25) is 15.0 Å². The average Bonchev–Trinajstić information content (AvgIpc) is 2.56. The molecule has 0 saturated carbocycles. The van der Waals surface area contributed by atoms with E-state index in [1.807, 2.05) is 0 Å². The van der Waals surface area contributed by atoms with Crippen molar-refractivity contribution in [1.82, 2.24) is 0 Å². The minimum absolute atomic E-state index is 0.0351. The fourth-order valence-electron chi connectivity index (χ4n) is 2.66. The smallest absolute Gasteiger partial charge is 0.265 e. The molecule has 0 saturated heterocycles. The number of alkyl halides is 3. The molecule has 6 nitrogen and oxygen atoms in total. The standard InChI is InChI=1S/C17H10Cl3NO5/c18-17(19,20)16(21)26-6-7-4-9-13(11(23)5-7)15(25)12-8(14(9)24)2-1-3-10(12)22/h1-5,21-23H,6H2. The summed E-state index contributed by atoms with van der Waals surface area (Å²) in [6.45, 7) is -0.262. The molecule has 3 rings (SSSR count). The number of ketones is 2.